The summed E-state index contributed by atoms with van der Waals surface area (Å²) in [7, 11) is 0. The molecule has 4 heterocycles. The Balaban J connectivity index is 1.13. The number of anilines is 2. The topological polar surface area (TPSA) is 83.3 Å². The van der Waals surface area contributed by atoms with Crippen molar-refractivity contribution >= 4 is 17.4 Å². The number of hydrogen-bond acceptors (Lipinski definition) is 7. The summed E-state index contributed by atoms with van der Waals surface area (Å²) in [6.07, 6.45) is 4.77. The molecule has 9 nitrogen and oxygen atoms in total. The molecule has 0 aliphatic carbocycles. The first-order valence-electron chi connectivity index (χ1n) is 11.6. The second-order valence-electron chi connectivity index (χ2n) is 8.95. The highest BCUT2D eigenvalue weighted by Crippen LogP contribution is 2.26. The Hall–Kier alpha value is -3.49. The number of rotatable bonds is 4. The van der Waals surface area contributed by atoms with Crippen LogP contribution in [-0.2, 0) is 4.79 Å². The largest absolute Gasteiger partial charge is 0.368 e. The summed E-state index contributed by atoms with van der Waals surface area (Å²) in [6, 6.07) is 10.4. The van der Waals surface area contributed by atoms with Crippen molar-refractivity contribution in [2.24, 2.45) is 5.92 Å². The first kappa shape index (κ1) is 21.4. The van der Waals surface area contributed by atoms with Crippen molar-refractivity contribution in [2.75, 3.05) is 49.1 Å². The molecule has 1 aromatic carbocycles. The number of piperazine rings is 1. The van der Waals surface area contributed by atoms with E-state index in [1.54, 1.807) is 11.0 Å². The van der Waals surface area contributed by atoms with Crippen molar-refractivity contribution < 1.29 is 4.79 Å². The van der Waals surface area contributed by atoms with Gasteiger partial charge in [-0.15, -0.1) is 10.2 Å². The minimum Gasteiger partial charge on any atom is -0.368 e. The van der Waals surface area contributed by atoms with Crippen LogP contribution in [-0.4, -0.2) is 75.0 Å². The number of amides is 1. The van der Waals surface area contributed by atoms with Gasteiger partial charge in [-0.25, -0.2) is 9.67 Å². The van der Waals surface area contributed by atoms with E-state index in [4.69, 9.17) is 0 Å². The summed E-state index contributed by atoms with van der Waals surface area (Å²) in [4.78, 5) is 23.8. The van der Waals surface area contributed by atoms with Gasteiger partial charge in [0.2, 0.25) is 5.91 Å². The smallest absolute Gasteiger partial charge is 0.225 e. The molecule has 2 aliphatic heterocycles. The molecule has 2 fully saturated rings. The number of nitrogens with zero attached hydrogens (tertiary/aromatic N) is 8. The Morgan fingerprint density at radius 2 is 1.61 bits per heavy atom. The van der Waals surface area contributed by atoms with Gasteiger partial charge in [-0.3, -0.25) is 4.79 Å². The third kappa shape index (κ3) is 4.53. The third-order valence-corrected chi connectivity index (χ3v) is 6.75. The Kier molecular flexibility index (Phi) is 5.93. The van der Waals surface area contributed by atoms with E-state index in [2.05, 4.69) is 67.0 Å². The van der Waals surface area contributed by atoms with E-state index in [-0.39, 0.29) is 5.92 Å². The zero-order valence-electron chi connectivity index (χ0n) is 19.3. The van der Waals surface area contributed by atoms with Crippen LogP contribution in [0, 0.1) is 19.8 Å². The summed E-state index contributed by atoms with van der Waals surface area (Å²) in [5.74, 6) is 1.88. The van der Waals surface area contributed by atoms with E-state index < -0.39 is 0 Å². The molecular formula is C24H30N8O. The van der Waals surface area contributed by atoms with Crippen LogP contribution >= 0.6 is 0 Å². The number of benzene rings is 1. The molecule has 2 aliphatic rings. The fourth-order valence-electron chi connectivity index (χ4n) is 4.78. The zero-order chi connectivity index (χ0) is 22.8. The minimum absolute atomic E-state index is 0.0934. The average Bonchev–Trinajstić information content (AvgIpc) is 3.41. The maximum atomic E-state index is 13.2. The van der Waals surface area contributed by atoms with Crippen LogP contribution in [0.5, 0.6) is 0 Å². The Bertz CT molecular complexity index is 1080. The molecule has 2 saturated heterocycles. The number of aromatic nitrogens is 5. The van der Waals surface area contributed by atoms with Gasteiger partial charge in [0.15, 0.2) is 11.6 Å². The van der Waals surface area contributed by atoms with E-state index in [9.17, 15) is 4.79 Å². The van der Waals surface area contributed by atoms with Gasteiger partial charge < -0.3 is 14.7 Å². The molecule has 0 spiro atoms. The molecule has 0 unspecified atom stereocenters. The van der Waals surface area contributed by atoms with Gasteiger partial charge in [0.05, 0.1) is 0 Å². The highest BCUT2D eigenvalue weighted by molar-refractivity contribution is 5.79. The molecule has 0 saturated carbocycles. The van der Waals surface area contributed by atoms with Crippen molar-refractivity contribution in [2.45, 2.75) is 26.7 Å². The van der Waals surface area contributed by atoms with Gasteiger partial charge in [0.1, 0.15) is 12.7 Å². The van der Waals surface area contributed by atoms with Crippen molar-refractivity contribution in [1.29, 1.82) is 0 Å². The van der Waals surface area contributed by atoms with Gasteiger partial charge >= 0.3 is 0 Å². The molecule has 3 aromatic rings. The normalized spacial score (nSPS) is 17.5. The number of hydrogen-bond donors (Lipinski definition) is 0. The maximum absolute atomic E-state index is 13.2. The molecule has 0 bridgehead atoms. The van der Waals surface area contributed by atoms with E-state index in [0.717, 1.165) is 57.9 Å². The summed E-state index contributed by atoms with van der Waals surface area (Å²) in [6.45, 7) is 9.29. The van der Waals surface area contributed by atoms with E-state index in [1.807, 2.05) is 12.1 Å². The SMILES string of the molecule is Cc1ccc(C)c(N2CCN(C(=O)C3CCN(c4ccc(-n5cncn5)nn4)CC3)CC2)c1. The summed E-state index contributed by atoms with van der Waals surface area (Å²) >= 11 is 0. The number of carbonyl (C=O) groups excluding carboxylic acids is 1. The van der Waals surface area contributed by atoms with Gasteiger partial charge in [-0.1, -0.05) is 12.1 Å². The molecule has 0 radical (unpaired) electrons. The lowest BCUT2D eigenvalue weighted by atomic mass is 9.95. The van der Waals surface area contributed by atoms with Crippen molar-refractivity contribution in [1.82, 2.24) is 29.9 Å². The van der Waals surface area contributed by atoms with E-state index in [1.165, 1.54) is 23.1 Å². The lowest BCUT2D eigenvalue weighted by Crippen LogP contribution is -2.52. The number of piperidine rings is 1. The zero-order valence-corrected chi connectivity index (χ0v) is 19.3. The molecule has 172 valence electrons. The standard InChI is InChI=1S/C24H30N8O/c1-18-3-4-19(2)21(15-18)29-11-13-31(14-12-29)24(33)20-7-9-30(10-8-20)22-5-6-23(28-27-22)32-17-25-16-26-32/h3-6,15-17,20H,7-14H2,1-2H3. The fraction of sp³-hybridized carbons (Fsp3) is 0.458. The number of carbonyl (C=O) groups is 1. The molecule has 2 aromatic heterocycles. The maximum Gasteiger partial charge on any atom is 0.225 e. The van der Waals surface area contributed by atoms with Crippen LogP contribution in [0.15, 0.2) is 43.0 Å². The molecule has 0 N–H and O–H groups in total. The molecule has 33 heavy (non-hydrogen) atoms. The van der Waals surface area contributed by atoms with E-state index in [0.29, 0.717) is 11.7 Å². The highest BCUT2D eigenvalue weighted by Gasteiger charge is 2.31. The lowest BCUT2D eigenvalue weighted by Gasteiger charge is -2.40. The van der Waals surface area contributed by atoms with Gasteiger partial charge in [0, 0.05) is 50.9 Å². The van der Waals surface area contributed by atoms with Crippen LogP contribution in [0.2, 0.25) is 0 Å². The second kappa shape index (κ2) is 9.17. The van der Waals surface area contributed by atoms with Crippen LogP contribution in [0.25, 0.3) is 5.82 Å². The summed E-state index contributed by atoms with van der Waals surface area (Å²) < 4.78 is 1.59. The quantitative estimate of drug-likeness (QED) is 0.608. The molecule has 9 heteroatoms. The van der Waals surface area contributed by atoms with Crippen LogP contribution in [0.4, 0.5) is 11.5 Å². The van der Waals surface area contributed by atoms with Crippen molar-refractivity contribution in [3.8, 4) is 5.82 Å². The molecule has 1 amide bonds. The summed E-state index contributed by atoms with van der Waals surface area (Å²) in [5, 5.41) is 12.7. The molecular weight excluding hydrogens is 416 g/mol. The predicted octanol–water partition coefficient (Wildman–Crippen LogP) is 2.24. The van der Waals surface area contributed by atoms with Crippen LogP contribution in [0.3, 0.4) is 0 Å². The highest BCUT2D eigenvalue weighted by atomic mass is 16.2. The average molecular weight is 447 g/mol. The number of aryl methyl sites for hydroxylation is 2. The van der Waals surface area contributed by atoms with Crippen LogP contribution < -0.4 is 9.80 Å². The Morgan fingerprint density at radius 3 is 2.27 bits per heavy atom. The van der Waals surface area contributed by atoms with E-state index >= 15 is 0 Å². The lowest BCUT2D eigenvalue weighted by molar-refractivity contribution is -0.136. The third-order valence-electron chi connectivity index (χ3n) is 6.75. The first-order valence-corrected chi connectivity index (χ1v) is 11.6. The van der Waals surface area contributed by atoms with Crippen LogP contribution in [0.1, 0.15) is 24.0 Å². The second-order valence-corrected chi connectivity index (χ2v) is 8.95. The van der Waals surface area contributed by atoms with Gasteiger partial charge in [-0.2, -0.15) is 5.10 Å². The monoisotopic (exact) mass is 446 g/mol. The van der Waals surface area contributed by atoms with Crippen molar-refractivity contribution in [3.05, 3.63) is 54.1 Å². The van der Waals surface area contributed by atoms with Crippen molar-refractivity contribution in [3.63, 3.8) is 0 Å². The Morgan fingerprint density at radius 1 is 0.879 bits per heavy atom. The Labute approximate surface area is 194 Å². The molecule has 5 rings (SSSR count). The fourth-order valence-corrected chi connectivity index (χ4v) is 4.78. The summed E-state index contributed by atoms with van der Waals surface area (Å²) in [5.41, 5.74) is 3.87. The predicted molar refractivity (Wildman–Crippen MR) is 127 cm³/mol. The van der Waals surface area contributed by atoms with Gasteiger partial charge in [0.25, 0.3) is 0 Å². The van der Waals surface area contributed by atoms with Gasteiger partial charge in [-0.05, 0) is 56.0 Å². The minimum atomic E-state index is 0.0934. The molecule has 0 atom stereocenters. The first-order chi connectivity index (χ1) is 16.1.